The van der Waals surface area contributed by atoms with Gasteiger partial charge in [0.1, 0.15) is 0 Å². The second-order valence-electron chi connectivity index (χ2n) is 5.31. The number of carbonyl (C=O) groups is 1. The number of hydrogen-bond acceptors (Lipinski definition) is 4. The fourth-order valence-corrected chi connectivity index (χ4v) is 4.01. The summed E-state index contributed by atoms with van der Waals surface area (Å²) in [5.41, 5.74) is 1.74. The highest BCUT2D eigenvalue weighted by Crippen LogP contribution is 2.23. The van der Waals surface area contributed by atoms with Crippen LogP contribution in [-0.4, -0.2) is 32.7 Å². The van der Waals surface area contributed by atoms with Crippen LogP contribution in [0.3, 0.4) is 0 Å². The van der Waals surface area contributed by atoms with Crippen LogP contribution in [0.1, 0.15) is 27.0 Å². The third-order valence-corrected chi connectivity index (χ3v) is 6.44. The maximum absolute atomic E-state index is 12.3. The molecule has 124 valence electrons. The number of amides is 1. The molecule has 0 atom stereocenters. The number of nitrogens with zero attached hydrogens (tertiary/aromatic N) is 1. The van der Waals surface area contributed by atoms with Crippen LogP contribution in [0.2, 0.25) is 0 Å². The van der Waals surface area contributed by atoms with Crippen molar-refractivity contribution >= 4 is 33.0 Å². The molecule has 0 aliphatic carbocycles. The van der Waals surface area contributed by atoms with Crippen molar-refractivity contribution in [2.45, 2.75) is 25.2 Å². The molecular formula is C16H20N2O3S2. The molecule has 2 rings (SSSR count). The van der Waals surface area contributed by atoms with E-state index in [9.17, 15) is 13.2 Å². The molecule has 0 unspecified atom stereocenters. The van der Waals surface area contributed by atoms with Gasteiger partial charge in [-0.15, -0.1) is 11.3 Å². The zero-order valence-corrected chi connectivity index (χ0v) is 15.2. The summed E-state index contributed by atoms with van der Waals surface area (Å²) in [6.45, 7) is 4.06. The average molecular weight is 352 g/mol. The van der Waals surface area contributed by atoms with Gasteiger partial charge in [-0.05, 0) is 49.2 Å². The Morgan fingerprint density at radius 1 is 1.22 bits per heavy atom. The number of sulfonamides is 1. The normalized spacial score (nSPS) is 11.7. The second-order valence-corrected chi connectivity index (χ2v) is 8.72. The Hall–Kier alpha value is -1.70. The van der Waals surface area contributed by atoms with Gasteiger partial charge < -0.3 is 5.32 Å². The van der Waals surface area contributed by atoms with Gasteiger partial charge in [-0.2, -0.15) is 0 Å². The van der Waals surface area contributed by atoms with Crippen molar-refractivity contribution in [3.63, 3.8) is 0 Å². The lowest BCUT2D eigenvalue weighted by molar-refractivity contribution is 0.103. The van der Waals surface area contributed by atoms with Gasteiger partial charge in [-0.25, -0.2) is 12.7 Å². The summed E-state index contributed by atoms with van der Waals surface area (Å²) < 4.78 is 25.2. The summed E-state index contributed by atoms with van der Waals surface area (Å²) in [6, 6.07) is 8.06. The summed E-state index contributed by atoms with van der Waals surface area (Å²) in [5.74, 6) is -0.180. The lowest BCUT2D eigenvalue weighted by atomic mass is 10.2. The van der Waals surface area contributed by atoms with Gasteiger partial charge >= 0.3 is 0 Å². The van der Waals surface area contributed by atoms with Crippen LogP contribution in [0.4, 0.5) is 5.69 Å². The summed E-state index contributed by atoms with van der Waals surface area (Å²) in [6.07, 6.45) is 0.896. The van der Waals surface area contributed by atoms with E-state index in [2.05, 4.69) is 12.2 Å². The molecule has 0 spiro atoms. The maximum atomic E-state index is 12.3. The monoisotopic (exact) mass is 352 g/mol. The van der Waals surface area contributed by atoms with E-state index in [1.54, 1.807) is 12.1 Å². The Labute approximate surface area is 141 Å². The van der Waals surface area contributed by atoms with Crippen molar-refractivity contribution in [1.29, 1.82) is 0 Å². The third kappa shape index (κ3) is 3.80. The van der Waals surface area contributed by atoms with Crippen LogP contribution in [-0.2, 0) is 16.4 Å². The lowest BCUT2D eigenvalue weighted by Crippen LogP contribution is -2.22. The number of nitrogens with one attached hydrogen (secondary N) is 1. The molecule has 1 aromatic heterocycles. The predicted octanol–water partition coefficient (Wildman–Crippen LogP) is 3.12. The van der Waals surface area contributed by atoms with Crippen LogP contribution < -0.4 is 5.32 Å². The first-order chi connectivity index (χ1) is 10.8. The van der Waals surface area contributed by atoms with E-state index in [0.29, 0.717) is 10.6 Å². The smallest absolute Gasteiger partial charge is 0.265 e. The van der Waals surface area contributed by atoms with Crippen molar-refractivity contribution < 1.29 is 13.2 Å². The zero-order chi connectivity index (χ0) is 17.2. The fourth-order valence-electron chi connectivity index (χ4n) is 2.10. The van der Waals surface area contributed by atoms with E-state index >= 15 is 0 Å². The van der Waals surface area contributed by atoms with E-state index < -0.39 is 10.0 Å². The molecule has 1 N–H and O–H groups in total. The Balaban J connectivity index is 2.16. The minimum Gasteiger partial charge on any atom is -0.321 e. The molecule has 0 aliphatic heterocycles. The van der Waals surface area contributed by atoms with Crippen molar-refractivity contribution in [1.82, 2.24) is 4.31 Å². The van der Waals surface area contributed by atoms with Gasteiger partial charge in [0.25, 0.3) is 5.91 Å². The van der Waals surface area contributed by atoms with Gasteiger partial charge in [0.15, 0.2) is 0 Å². The van der Waals surface area contributed by atoms with E-state index in [0.717, 1.165) is 15.6 Å². The van der Waals surface area contributed by atoms with Crippen molar-refractivity contribution in [2.24, 2.45) is 0 Å². The highest BCUT2D eigenvalue weighted by atomic mass is 32.2. The average Bonchev–Trinajstić information content (AvgIpc) is 2.89. The number of carbonyl (C=O) groups excluding carboxylic acids is 1. The van der Waals surface area contributed by atoms with Crippen LogP contribution in [0, 0.1) is 6.92 Å². The number of thiophene rings is 1. The molecule has 2 aromatic rings. The molecule has 1 aromatic carbocycles. The molecule has 1 amide bonds. The molecule has 23 heavy (non-hydrogen) atoms. The number of rotatable bonds is 5. The van der Waals surface area contributed by atoms with Gasteiger partial charge in [-0.1, -0.05) is 6.92 Å². The molecule has 0 radical (unpaired) electrons. The summed E-state index contributed by atoms with van der Waals surface area (Å²) in [7, 11) is -0.494. The molecule has 0 bridgehead atoms. The van der Waals surface area contributed by atoms with E-state index in [1.165, 1.54) is 43.1 Å². The first-order valence-electron chi connectivity index (χ1n) is 7.19. The van der Waals surface area contributed by atoms with Crippen molar-refractivity contribution in [2.75, 3.05) is 19.4 Å². The molecular weight excluding hydrogens is 332 g/mol. The zero-order valence-electron chi connectivity index (χ0n) is 13.6. The Bertz CT molecular complexity index is 806. The third-order valence-electron chi connectivity index (χ3n) is 3.52. The van der Waals surface area contributed by atoms with Gasteiger partial charge in [0.05, 0.1) is 9.77 Å². The van der Waals surface area contributed by atoms with Crippen LogP contribution >= 0.6 is 11.3 Å². The maximum Gasteiger partial charge on any atom is 0.265 e. The first-order valence-corrected chi connectivity index (χ1v) is 9.44. The quantitative estimate of drug-likeness (QED) is 0.899. The summed E-state index contributed by atoms with van der Waals surface area (Å²) >= 11 is 1.46. The highest BCUT2D eigenvalue weighted by molar-refractivity contribution is 7.89. The Kier molecular flexibility index (Phi) is 5.23. The Morgan fingerprint density at radius 2 is 1.83 bits per heavy atom. The molecule has 5 nitrogen and oxygen atoms in total. The standard InChI is InChI=1S/C16H20N2O3S2/c1-5-12-10-15(22-11(12)2)16(19)17-13-6-8-14(9-7-13)23(20,21)18(3)4/h6-10H,5H2,1-4H3,(H,17,19). The predicted molar refractivity (Wildman–Crippen MR) is 93.7 cm³/mol. The molecule has 0 fully saturated rings. The van der Waals surface area contributed by atoms with Gasteiger partial charge in [-0.3, -0.25) is 4.79 Å². The van der Waals surface area contributed by atoms with E-state index in [4.69, 9.17) is 0 Å². The number of benzene rings is 1. The lowest BCUT2D eigenvalue weighted by Gasteiger charge is -2.11. The number of anilines is 1. The van der Waals surface area contributed by atoms with Gasteiger partial charge in [0, 0.05) is 24.7 Å². The van der Waals surface area contributed by atoms with Gasteiger partial charge in [0.2, 0.25) is 10.0 Å². The molecule has 1 heterocycles. The van der Waals surface area contributed by atoms with Crippen LogP contribution in [0.25, 0.3) is 0 Å². The van der Waals surface area contributed by atoms with Crippen molar-refractivity contribution in [3.05, 3.63) is 45.6 Å². The summed E-state index contributed by atoms with van der Waals surface area (Å²) in [4.78, 5) is 14.3. The molecule has 0 aliphatic rings. The largest absolute Gasteiger partial charge is 0.321 e. The first kappa shape index (κ1) is 17.7. The SMILES string of the molecule is CCc1cc(C(=O)Nc2ccc(S(=O)(=O)N(C)C)cc2)sc1C. The molecule has 0 saturated heterocycles. The summed E-state index contributed by atoms with van der Waals surface area (Å²) in [5, 5.41) is 2.79. The topological polar surface area (TPSA) is 66.5 Å². The van der Waals surface area contributed by atoms with Crippen LogP contribution in [0.5, 0.6) is 0 Å². The van der Waals surface area contributed by atoms with Crippen molar-refractivity contribution in [3.8, 4) is 0 Å². The number of hydrogen-bond donors (Lipinski definition) is 1. The number of aryl methyl sites for hydroxylation is 2. The van der Waals surface area contributed by atoms with E-state index in [1.807, 2.05) is 13.0 Å². The molecule has 7 heteroatoms. The molecule has 0 saturated carbocycles. The highest BCUT2D eigenvalue weighted by Gasteiger charge is 2.17. The fraction of sp³-hybridized carbons (Fsp3) is 0.312. The van der Waals surface area contributed by atoms with Crippen LogP contribution in [0.15, 0.2) is 35.2 Å². The Morgan fingerprint density at radius 3 is 2.30 bits per heavy atom. The minimum absolute atomic E-state index is 0.180. The second kappa shape index (κ2) is 6.82. The van der Waals surface area contributed by atoms with E-state index in [-0.39, 0.29) is 10.8 Å². The minimum atomic E-state index is -3.46.